The van der Waals surface area contributed by atoms with Crippen LogP contribution in [0.25, 0.3) is 0 Å². The van der Waals surface area contributed by atoms with Crippen LogP contribution in [0.3, 0.4) is 0 Å². The van der Waals surface area contributed by atoms with Crippen molar-refractivity contribution in [3.63, 3.8) is 0 Å². The molecule has 124 valence electrons. The Balaban J connectivity index is 1.66. The highest BCUT2D eigenvalue weighted by Crippen LogP contribution is 2.32. The van der Waals surface area contributed by atoms with E-state index in [1.165, 1.54) is 12.3 Å². The molecule has 24 heavy (non-hydrogen) atoms. The summed E-state index contributed by atoms with van der Waals surface area (Å²) in [5, 5.41) is 11.9. The number of nitrogens with zero attached hydrogens (tertiary/aromatic N) is 1. The Morgan fingerprint density at radius 2 is 1.96 bits per heavy atom. The number of ether oxygens (including phenoxy) is 1. The molecule has 0 radical (unpaired) electrons. The number of aliphatic carboxylic acids is 1. The van der Waals surface area contributed by atoms with Crippen molar-refractivity contribution in [1.82, 2.24) is 10.3 Å². The Kier molecular flexibility index (Phi) is 4.46. The van der Waals surface area contributed by atoms with Gasteiger partial charge < -0.3 is 15.2 Å². The van der Waals surface area contributed by atoms with Gasteiger partial charge in [0, 0.05) is 17.8 Å². The fraction of sp³-hybridized carbons (Fsp3) is 0.278. The average Bonchev–Trinajstić information content (AvgIpc) is 2.57. The lowest BCUT2D eigenvalue weighted by Crippen LogP contribution is -2.59. The van der Waals surface area contributed by atoms with Gasteiger partial charge in [0.2, 0.25) is 5.88 Å². The summed E-state index contributed by atoms with van der Waals surface area (Å²) in [6.07, 6.45) is 3.19. The zero-order valence-electron chi connectivity index (χ0n) is 13.1. The number of carbonyl (C=O) groups is 2. The minimum absolute atomic E-state index is 0.324. The van der Waals surface area contributed by atoms with Gasteiger partial charge in [-0.2, -0.15) is 0 Å². The summed E-state index contributed by atoms with van der Waals surface area (Å²) in [4.78, 5) is 27.8. The van der Waals surface area contributed by atoms with Crippen LogP contribution in [0.1, 0.15) is 35.2 Å². The van der Waals surface area contributed by atoms with Crippen LogP contribution in [0.15, 0.2) is 48.7 Å². The smallest absolute Gasteiger partial charge is 0.329 e. The fourth-order valence-corrected chi connectivity index (χ4v) is 2.57. The molecule has 6 nitrogen and oxygen atoms in total. The molecule has 1 fully saturated rings. The van der Waals surface area contributed by atoms with E-state index in [1.54, 1.807) is 6.07 Å². The number of aromatic nitrogens is 1. The SMILES string of the molecule is O=C(NC1(C(=O)O)CCC1)c1ccnc(OCc2ccccc2)c1. The third kappa shape index (κ3) is 3.37. The van der Waals surface area contributed by atoms with Crippen LogP contribution in [0.4, 0.5) is 0 Å². The Bertz CT molecular complexity index is 742. The molecule has 0 aliphatic heterocycles. The second kappa shape index (κ2) is 6.70. The predicted octanol–water partition coefficient (Wildman–Crippen LogP) is 2.40. The third-order valence-corrected chi connectivity index (χ3v) is 4.20. The van der Waals surface area contributed by atoms with Gasteiger partial charge in [-0.1, -0.05) is 30.3 Å². The van der Waals surface area contributed by atoms with E-state index in [-0.39, 0.29) is 0 Å². The number of carboxylic acid groups (broad SMARTS) is 1. The highest BCUT2D eigenvalue weighted by Gasteiger charge is 2.45. The zero-order valence-corrected chi connectivity index (χ0v) is 13.1. The standard InChI is InChI=1S/C18H18N2O4/c21-16(20-18(17(22)23)8-4-9-18)14-7-10-19-15(11-14)24-12-13-5-2-1-3-6-13/h1-3,5-7,10-11H,4,8-9,12H2,(H,20,21)(H,22,23). The maximum Gasteiger partial charge on any atom is 0.329 e. The molecule has 6 heteroatoms. The Hall–Kier alpha value is -2.89. The molecule has 1 aromatic heterocycles. The summed E-state index contributed by atoms with van der Waals surface area (Å²) in [5.74, 6) is -1.09. The highest BCUT2D eigenvalue weighted by molar-refractivity contribution is 5.98. The first-order valence-electron chi connectivity index (χ1n) is 7.78. The second-order valence-electron chi connectivity index (χ2n) is 5.85. The van der Waals surface area contributed by atoms with Gasteiger partial charge in [-0.25, -0.2) is 9.78 Å². The summed E-state index contributed by atoms with van der Waals surface area (Å²) in [6, 6.07) is 12.7. The minimum Gasteiger partial charge on any atom is -0.480 e. The number of rotatable bonds is 6. The number of amides is 1. The van der Waals surface area contributed by atoms with Crippen LogP contribution >= 0.6 is 0 Å². The summed E-state index contributed by atoms with van der Waals surface area (Å²) < 4.78 is 5.59. The van der Waals surface area contributed by atoms with Crippen molar-refractivity contribution in [2.24, 2.45) is 0 Å². The molecule has 0 atom stereocenters. The van der Waals surface area contributed by atoms with Gasteiger partial charge in [-0.05, 0) is 30.9 Å². The maximum absolute atomic E-state index is 12.3. The maximum atomic E-state index is 12.3. The Morgan fingerprint density at radius 3 is 2.58 bits per heavy atom. The number of pyridine rings is 1. The van der Waals surface area contributed by atoms with E-state index in [0.717, 1.165) is 12.0 Å². The lowest BCUT2D eigenvalue weighted by atomic mass is 9.76. The van der Waals surface area contributed by atoms with Crippen LogP contribution in [0, 0.1) is 0 Å². The Labute approximate surface area is 139 Å². The third-order valence-electron chi connectivity index (χ3n) is 4.20. The van der Waals surface area contributed by atoms with Crippen LogP contribution in [-0.4, -0.2) is 27.5 Å². The highest BCUT2D eigenvalue weighted by atomic mass is 16.5. The molecule has 1 saturated carbocycles. The number of carboxylic acids is 1. The van der Waals surface area contributed by atoms with E-state index < -0.39 is 17.4 Å². The minimum atomic E-state index is -1.13. The van der Waals surface area contributed by atoms with Gasteiger partial charge in [-0.15, -0.1) is 0 Å². The molecule has 1 amide bonds. The topological polar surface area (TPSA) is 88.5 Å². The van der Waals surface area contributed by atoms with Crippen molar-refractivity contribution in [3.8, 4) is 5.88 Å². The molecule has 1 aliphatic carbocycles. The van der Waals surface area contributed by atoms with Crippen LogP contribution in [0.2, 0.25) is 0 Å². The molecule has 1 aromatic carbocycles. The predicted molar refractivity (Wildman–Crippen MR) is 86.7 cm³/mol. The largest absolute Gasteiger partial charge is 0.480 e. The molecule has 3 rings (SSSR count). The van der Waals surface area contributed by atoms with Crippen molar-refractivity contribution < 1.29 is 19.4 Å². The van der Waals surface area contributed by atoms with Gasteiger partial charge in [0.1, 0.15) is 12.1 Å². The fourth-order valence-electron chi connectivity index (χ4n) is 2.57. The molecule has 0 spiro atoms. The average molecular weight is 326 g/mol. The summed E-state index contributed by atoms with van der Waals surface area (Å²) in [7, 11) is 0. The van der Waals surface area contributed by atoms with Crippen LogP contribution in [-0.2, 0) is 11.4 Å². The van der Waals surface area contributed by atoms with E-state index in [1.807, 2.05) is 30.3 Å². The van der Waals surface area contributed by atoms with Crippen molar-refractivity contribution in [3.05, 3.63) is 59.8 Å². The summed E-state index contributed by atoms with van der Waals surface area (Å²) >= 11 is 0. The van der Waals surface area contributed by atoms with E-state index in [0.29, 0.717) is 30.9 Å². The molecular weight excluding hydrogens is 308 g/mol. The van der Waals surface area contributed by atoms with Crippen LogP contribution in [0.5, 0.6) is 5.88 Å². The van der Waals surface area contributed by atoms with Gasteiger partial charge in [-0.3, -0.25) is 4.79 Å². The number of hydrogen-bond acceptors (Lipinski definition) is 4. The van der Waals surface area contributed by atoms with Crippen LogP contribution < -0.4 is 10.1 Å². The normalized spacial score (nSPS) is 15.2. The molecule has 0 unspecified atom stereocenters. The van der Waals surface area contributed by atoms with Gasteiger partial charge in [0.25, 0.3) is 5.91 Å². The van der Waals surface area contributed by atoms with Crippen molar-refractivity contribution in [2.45, 2.75) is 31.4 Å². The Morgan fingerprint density at radius 1 is 1.21 bits per heavy atom. The number of hydrogen-bond donors (Lipinski definition) is 2. The lowest BCUT2D eigenvalue weighted by molar-refractivity contribution is -0.148. The van der Waals surface area contributed by atoms with Gasteiger partial charge in [0.15, 0.2) is 0 Å². The molecule has 0 saturated heterocycles. The van der Waals surface area contributed by atoms with Crippen molar-refractivity contribution in [2.75, 3.05) is 0 Å². The van der Waals surface area contributed by atoms with Crippen molar-refractivity contribution in [1.29, 1.82) is 0 Å². The van der Waals surface area contributed by atoms with Crippen molar-refractivity contribution >= 4 is 11.9 Å². The molecule has 2 N–H and O–H groups in total. The van der Waals surface area contributed by atoms with E-state index in [4.69, 9.17) is 4.74 Å². The molecular formula is C18H18N2O4. The first-order chi connectivity index (χ1) is 11.6. The van der Waals surface area contributed by atoms with E-state index >= 15 is 0 Å². The summed E-state index contributed by atoms with van der Waals surface area (Å²) in [6.45, 7) is 0.345. The number of carbonyl (C=O) groups excluding carboxylic acids is 1. The van der Waals surface area contributed by atoms with Gasteiger partial charge >= 0.3 is 5.97 Å². The lowest BCUT2D eigenvalue weighted by Gasteiger charge is -2.38. The number of nitrogens with one attached hydrogen (secondary N) is 1. The number of benzene rings is 1. The second-order valence-corrected chi connectivity index (χ2v) is 5.85. The molecule has 1 aliphatic rings. The first kappa shape index (κ1) is 16.0. The van der Waals surface area contributed by atoms with E-state index in [2.05, 4.69) is 10.3 Å². The molecule has 1 heterocycles. The molecule has 2 aromatic rings. The summed E-state index contributed by atoms with van der Waals surface area (Å²) in [5.41, 5.74) is 0.194. The quantitative estimate of drug-likeness (QED) is 0.851. The monoisotopic (exact) mass is 326 g/mol. The zero-order chi connectivity index (χ0) is 17.0. The van der Waals surface area contributed by atoms with E-state index in [9.17, 15) is 14.7 Å². The van der Waals surface area contributed by atoms with Gasteiger partial charge in [0.05, 0.1) is 0 Å². The first-order valence-corrected chi connectivity index (χ1v) is 7.78. The molecule has 0 bridgehead atoms.